The first-order chi connectivity index (χ1) is 7.75. The third kappa shape index (κ3) is 2.90. The monoisotopic (exact) mass is 252 g/mol. The van der Waals surface area contributed by atoms with E-state index in [2.05, 4.69) is 10.3 Å². The number of carbonyl (C=O) groups excluding carboxylic acids is 1. The lowest BCUT2D eigenvalue weighted by Gasteiger charge is -2.01. The molecule has 1 N–H and O–H groups in total. The first-order valence-corrected chi connectivity index (χ1v) is 6.68. The lowest BCUT2D eigenvalue weighted by Crippen LogP contribution is -2.24. The van der Waals surface area contributed by atoms with Gasteiger partial charge in [-0.1, -0.05) is 6.07 Å². The van der Waals surface area contributed by atoms with Crippen molar-refractivity contribution in [2.45, 2.75) is 13.3 Å². The molecule has 2 aromatic rings. The third-order valence-electron chi connectivity index (χ3n) is 2.07. The normalized spacial score (nSPS) is 10.3. The summed E-state index contributed by atoms with van der Waals surface area (Å²) in [5.74, 6) is 0.0104. The number of aryl methyl sites for hydroxylation is 1. The number of hydrogen-bond acceptors (Lipinski definition) is 4. The number of thiophene rings is 1. The number of hydrogen-bond donors (Lipinski definition) is 1. The Bertz CT molecular complexity index is 462. The quantitative estimate of drug-likeness (QED) is 0.908. The second kappa shape index (κ2) is 5.23. The van der Waals surface area contributed by atoms with Crippen molar-refractivity contribution in [2.75, 3.05) is 6.54 Å². The highest BCUT2D eigenvalue weighted by atomic mass is 32.1. The van der Waals surface area contributed by atoms with E-state index in [-0.39, 0.29) is 5.91 Å². The van der Waals surface area contributed by atoms with Gasteiger partial charge in [0.15, 0.2) is 0 Å². The largest absolute Gasteiger partial charge is 0.351 e. The Labute approximate surface area is 102 Å². The maximum Gasteiger partial charge on any atom is 0.261 e. The van der Waals surface area contributed by atoms with E-state index in [4.69, 9.17) is 0 Å². The number of thiazole rings is 1. The molecule has 0 bridgehead atoms. The molecule has 2 heterocycles. The molecule has 0 aromatic carbocycles. The summed E-state index contributed by atoms with van der Waals surface area (Å²) in [6.45, 7) is 2.65. The molecule has 0 aliphatic carbocycles. The fourth-order valence-corrected chi connectivity index (χ4v) is 2.75. The van der Waals surface area contributed by atoms with Crippen LogP contribution >= 0.6 is 22.7 Å². The van der Waals surface area contributed by atoms with Gasteiger partial charge in [0.1, 0.15) is 0 Å². The summed E-state index contributed by atoms with van der Waals surface area (Å²) in [6.07, 6.45) is 2.72. The zero-order chi connectivity index (χ0) is 11.4. The molecule has 0 aliphatic rings. The van der Waals surface area contributed by atoms with Crippen LogP contribution in [0.2, 0.25) is 0 Å². The summed E-state index contributed by atoms with van der Waals surface area (Å²) < 4.78 is 0. The van der Waals surface area contributed by atoms with E-state index in [1.807, 2.05) is 30.6 Å². The number of carbonyl (C=O) groups is 1. The molecule has 0 fully saturated rings. The molecule has 3 nitrogen and oxygen atoms in total. The third-order valence-corrected chi connectivity index (χ3v) is 3.91. The van der Waals surface area contributed by atoms with Gasteiger partial charge < -0.3 is 5.32 Å². The summed E-state index contributed by atoms with van der Waals surface area (Å²) in [7, 11) is 0. The van der Waals surface area contributed by atoms with Crippen molar-refractivity contribution in [1.82, 2.24) is 10.3 Å². The minimum atomic E-state index is 0.0104. The van der Waals surface area contributed by atoms with E-state index in [1.165, 1.54) is 16.2 Å². The molecule has 84 valence electrons. The van der Waals surface area contributed by atoms with Crippen molar-refractivity contribution in [3.63, 3.8) is 0 Å². The molecule has 0 spiro atoms. The van der Waals surface area contributed by atoms with Crippen LogP contribution in [0.3, 0.4) is 0 Å². The van der Waals surface area contributed by atoms with Gasteiger partial charge in [-0.05, 0) is 18.4 Å². The van der Waals surface area contributed by atoms with Gasteiger partial charge in [-0.25, -0.2) is 4.98 Å². The van der Waals surface area contributed by atoms with Crippen LogP contribution in [0.15, 0.2) is 23.7 Å². The van der Waals surface area contributed by atoms with E-state index in [9.17, 15) is 4.79 Å². The fraction of sp³-hybridized carbons (Fsp3) is 0.273. The van der Waals surface area contributed by atoms with Gasteiger partial charge in [-0.3, -0.25) is 4.79 Å². The molecule has 5 heteroatoms. The lowest BCUT2D eigenvalue weighted by molar-refractivity contribution is 0.0958. The van der Waals surface area contributed by atoms with E-state index >= 15 is 0 Å². The zero-order valence-electron chi connectivity index (χ0n) is 8.90. The predicted molar refractivity (Wildman–Crippen MR) is 67.2 cm³/mol. The zero-order valence-corrected chi connectivity index (χ0v) is 10.5. The molecule has 16 heavy (non-hydrogen) atoms. The van der Waals surface area contributed by atoms with Crippen molar-refractivity contribution in [1.29, 1.82) is 0 Å². The number of aromatic nitrogens is 1. The topological polar surface area (TPSA) is 42.0 Å². The van der Waals surface area contributed by atoms with E-state index in [1.54, 1.807) is 11.3 Å². The highest BCUT2D eigenvalue weighted by Crippen LogP contribution is 2.12. The van der Waals surface area contributed by atoms with Crippen molar-refractivity contribution in [2.24, 2.45) is 0 Å². The standard InChI is InChI=1S/C11H12N2OS2/c1-8-13-7-9(16-8)4-5-12-11(14)10-3-2-6-15-10/h2-3,6-7H,4-5H2,1H3,(H,12,14). The molecule has 0 unspecified atom stereocenters. The Hall–Kier alpha value is -1.20. The Balaban J connectivity index is 1.78. The molecule has 1 amide bonds. The second-order valence-corrected chi connectivity index (χ2v) is 5.60. The van der Waals surface area contributed by atoms with E-state index < -0.39 is 0 Å². The number of nitrogens with zero attached hydrogens (tertiary/aromatic N) is 1. The van der Waals surface area contributed by atoms with Crippen LogP contribution in [0.1, 0.15) is 19.6 Å². The summed E-state index contributed by atoms with van der Waals surface area (Å²) in [5.41, 5.74) is 0. The minimum absolute atomic E-state index is 0.0104. The van der Waals surface area contributed by atoms with Crippen LogP contribution in [0.5, 0.6) is 0 Å². The highest BCUT2D eigenvalue weighted by Gasteiger charge is 2.05. The molecular weight excluding hydrogens is 240 g/mol. The van der Waals surface area contributed by atoms with E-state index in [0.29, 0.717) is 6.54 Å². The smallest absolute Gasteiger partial charge is 0.261 e. The molecule has 0 aliphatic heterocycles. The molecule has 0 saturated heterocycles. The Kier molecular flexibility index (Phi) is 3.69. The minimum Gasteiger partial charge on any atom is -0.351 e. The Morgan fingerprint density at radius 1 is 1.56 bits per heavy atom. The number of amides is 1. The van der Waals surface area contributed by atoms with Gasteiger partial charge in [0.25, 0.3) is 5.91 Å². The van der Waals surface area contributed by atoms with Crippen LogP contribution in [-0.4, -0.2) is 17.4 Å². The molecule has 0 radical (unpaired) electrons. The Morgan fingerprint density at radius 2 is 2.44 bits per heavy atom. The molecule has 0 saturated carbocycles. The van der Waals surface area contributed by atoms with Crippen LogP contribution in [0.4, 0.5) is 0 Å². The average Bonchev–Trinajstić information content (AvgIpc) is 2.89. The van der Waals surface area contributed by atoms with Gasteiger partial charge >= 0.3 is 0 Å². The highest BCUT2D eigenvalue weighted by molar-refractivity contribution is 7.12. The molecule has 2 rings (SSSR count). The molecule has 2 aromatic heterocycles. The van der Waals surface area contributed by atoms with Crippen LogP contribution in [0.25, 0.3) is 0 Å². The van der Waals surface area contributed by atoms with Gasteiger partial charge in [0.2, 0.25) is 0 Å². The van der Waals surface area contributed by atoms with Crippen molar-refractivity contribution in [3.8, 4) is 0 Å². The van der Waals surface area contributed by atoms with Crippen molar-refractivity contribution in [3.05, 3.63) is 38.5 Å². The van der Waals surface area contributed by atoms with Gasteiger partial charge in [0, 0.05) is 24.0 Å². The summed E-state index contributed by atoms with van der Waals surface area (Å²) >= 11 is 3.14. The summed E-state index contributed by atoms with van der Waals surface area (Å²) in [5, 5.41) is 5.87. The van der Waals surface area contributed by atoms with Crippen LogP contribution in [-0.2, 0) is 6.42 Å². The maximum atomic E-state index is 11.6. The maximum absolute atomic E-state index is 11.6. The number of nitrogens with one attached hydrogen (secondary N) is 1. The van der Waals surface area contributed by atoms with E-state index in [0.717, 1.165) is 16.3 Å². The molecular formula is C11H12N2OS2. The average molecular weight is 252 g/mol. The SMILES string of the molecule is Cc1ncc(CCNC(=O)c2cccs2)s1. The first-order valence-electron chi connectivity index (χ1n) is 4.99. The predicted octanol–water partition coefficient (Wildman–Crippen LogP) is 2.49. The summed E-state index contributed by atoms with van der Waals surface area (Å²) in [4.78, 5) is 17.7. The summed E-state index contributed by atoms with van der Waals surface area (Å²) in [6, 6.07) is 3.71. The van der Waals surface area contributed by atoms with Gasteiger partial charge in [0.05, 0.1) is 9.88 Å². The van der Waals surface area contributed by atoms with Crippen molar-refractivity contribution < 1.29 is 4.79 Å². The van der Waals surface area contributed by atoms with Gasteiger partial charge in [-0.15, -0.1) is 22.7 Å². The lowest BCUT2D eigenvalue weighted by atomic mass is 10.3. The number of rotatable bonds is 4. The first kappa shape index (κ1) is 11.3. The molecule has 0 atom stereocenters. The fourth-order valence-electron chi connectivity index (χ4n) is 1.32. The van der Waals surface area contributed by atoms with Crippen molar-refractivity contribution >= 4 is 28.6 Å². The van der Waals surface area contributed by atoms with Crippen LogP contribution < -0.4 is 5.32 Å². The second-order valence-electron chi connectivity index (χ2n) is 3.33. The Morgan fingerprint density at radius 3 is 3.06 bits per heavy atom. The van der Waals surface area contributed by atoms with Gasteiger partial charge in [-0.2, -0.15) is 0 Å². The van der Waals surface area contributed by atoms with Crippen LogP contribution in [0, 0.1) is 6.92 Å².